The summed E-state index contributed by atoms with van der Waals surface area (Å²) in [7, 11) is 0. The van der Waals surface area contributed by atoms with Gasteiger partial charge in [0.15, 0.2) is 11.0 Å². The Kier molecular flexibility index (Phi) is 7.35. The van der Waals surface area contributed by atoms with Crippen molar-refractivity contribution in [3.8, 4) is 11.4 Å². The Morgan fingerprint density at radius 1 is 1.26 bits per heavy atom. The highest BCUT2D eigenvalue weighted by Gasteiger charge is 2.19. The molecule has 0 atom stereocenters. The van der Waals surface area contributed by atoms with E-state index in [2.05, 4.69) is 46.2 Å². The summed E-state index contributed by atoms with van der Waals surface area (Å²) >= 11 is 3.26. The molecule has 2 aromatic heterocycles. The number of aromatic nitrogens is 3. The quantitative estimate of drug-likeness (QED) is 0.528. The lowest BCUT2D eigenvalue weighted by atomic mass is 10.1. The lowest BCUT2D eigenvalue weighted by Gasteiger charge is -2.16. The molecule has 1 fully saturated rings. The van der Waals surface area contributed by atoms with Crippen LogP contribution in [0.3, 0.4) is 0 Å². The third-order valence-corrected chi connectivity index (χ3v) is 7.20. The molecule has 0 spiro atoms. The van der Waals surface area contributed by atoms with Gasteiger partial charge in [-0.25, -0.2) is 0 Å². The molecule has 2 aromatic rings. The summed E-state index contributed by atoms with van der Waals surface area (Å²) in [5.74, 6) is 1.43. The maximum atomic E-state index is 12.4. The van der Waals surface area contributed by atoms with E-state index in [9.17, 15) is 4.79 Å². The van der Waals surface area contributed by atoms with Gasteiger partial charge in [-0.3, -0.25) is 4.79 Å². The zero-order chi connectivity index (χ0) is 19.2. The van der Waals surface area contributed by atoms with Crippen molar-refractivity contribution in [2.24, 2.45) is 0 Å². The fourth-order valence-corrected chi connectivity index (χ4v) is 5.56. The van der Waals surface area contributed by atoms with E-state index in [0.717, 1.165) is 36.8 Å². The first-order valence-electron chi connectivity index (χ1n) is 10.1. The highest BCUT2D eigenvalue weighted by molar-refractivity contribution is 7.99. The average molecular weight is 407 g/mol. The van der Waals surface area contributed by atoms with Crippen molar-refractivity contribution in [3.63, 3.8) is 0 Å². The van der Waals surface area contributed by atoms with Gasteiger partial charge in [0, 0.05) is 28.4 Å². The van der Waals surface area contributed by atoms with E-state index < -0.39 is 0 Å². The van der Waals surface area contributed by atoms with Crippen LogP contribution in [0.5, 0.6) is 0 Å². The number of aryl methyl sites for hydroxylation is 1. The Balaban J connectivity index is 1.65. The number of carbonyl (C=O) groups is 1. The van der Waals surface area contributed by atoms with Crippen molar-refractivity contribution in [1.29, 1.82) is 0 Å². The van der Waals surface area contributed by atoms with Crippen LogP contribution in [0.15, 0.2) is 10.5 Å². The van der Waals surface area contributed by atoms with Crippen molar-refractivity contribution >= 4 is 29.0 Å². The van der Waals surface area contributed by atoms with Gasteiger partial charge in [-0.05, 0) is 38.7 Å². The summed E-state index contributed by atoms with van der Waals surface area (Å²) in [5.41, 5.74) is 2.54. The Morgan fingerprint density at radius 2 is 2.00 bits per heavy atom. The van der Waals surface area contributed by atoms with Crippen LogP contribution in [0, 0.1) is 6.92 Å². The number of nitrogens with zero attached hydrogens (tertiary/aromatic N) is 3. The van der Waals surface area contributed by atoms with Gasteiger partial charge in [-0.15, -0.1) is 21.5 Å². The molecule has 1 saturated carbocycles. The van der Waals surface area contributed by atoms with Crippen molar-refractivity contribution in [2.45, 2.75) is 83.5 Å². The third-order valence-electron chi connectivity index (χ3n) is 5.28. The second kappa shape index (κ2) is 9.73. The predicted octanol–water partition coefficient (Wildman–Crippen LogP) is 4.83. The number of carbonyl (C=O) groups excluding carboxylic acids is 1. The molecule has 1 aliphatic carbocycles. The minimum absolute atomic E-state index is 0.111. The Labute approximate surface area is 170 Å². The van der Waals surface area contributed by atoms with Gasteiger partial charge in [-0.2, -0.15) is 0 Å². The average Bonchev–Trinajstić information content (AvgIpc) is 3.14. The van der Waals surface area contributed by atoms with E-state index in [-0.39, 0.29) is 5.91 Å². The predicted molar refractivity (Wildman–Crippen MR) is 113 cm³/mol. The normalized spacial score (nSPS) is 15.7. The highest BCUT2D eigenvalue weighted by atomic mass is 32.2. The first kappa shape index (κ1) is 20.4. The SMILES string of the molecule is CCc1c(-c2nnc(SCC(=O)NC3CCCCCC3)n2CC)csc1C. The molecule has 1 aliphatic rings. The maximum absolute atomic E-state index is 12.4. The number of hydrogen-bond acceptors (Lipinski definition) is 5. The minimum Gasteiger partial charge on any atom is -0.353 e. The first-order valence-corrected chi connectivity index (χ1v) is 11.9. The summed E-state index contributed by atoms with van der Waals surface area (Å²) in [6.45, 7) is 7.24. The smallest absolute Gasteiger partial charge is 0.230 e. The molecule has 0 saturated heterocycles. The number of thiophene rings is 1. The topological polar surface area (TPSA) is 59.8 Å². The molecule has 7 heteroatoms. The first-order chi connectivity index (χ1) is 13.1. The zero-order valence-electron chi connectivity index (χ0n) is 16.6. The third kappa shape index (κ3) is 4.93. The van der Waals surface area contributed by atoms with Crippen LogP contribution in [-0.4, -0.2) is 32.5 Å². The van der Waals surface area contributed by atoms with E-state index in [1.54, 1.807) is 11.3 Å². The number of amides is 1. The van der Waals surface area contributed by atoms with Crippen LogP contribution in [0.1, 0.15) is 62.8 Å². The summed E-state index contributed by atoms with van der Waals surface area (Å²) in [6.07, 6.45) is 8.27. The molecule has 27 heavy (non-hydrogen) atoms. The summed E-state index contributed by atoms with van der Waals surface area (Å²) in [5, 5.41) is 15.1. The van der Waals surface area contributed by atoms with Crippen LogP contribution < -0.4 is 5.32 Å². The molecular weight excluding hydrogens is 376 g/mol. The number of rotatable bonds is 7. The van der Waals surface area contributed by atoms with Crippen LogP contribution >= 0.6 is 23.1 Å². The van der Waals surface area contributed by atoms with Gasteiger partial charge in [0.1, 0.15) is 0 Å². The fourth-order valence-electron chi connectivity index (χ4n) is 3.81. The fraction of sp³-hybridized carbons (Fsp3) is 0.650. The van der Waals surface area contributed by atoms with Gasteiger partial charge >= 0.3 is 0 Å². The van der Waals surface area contributed by atoms with Crippen LogP contribution in [0.4, 0.5) is 0 Å². The monoisotopic (exact) mass is 406 g/mol. The van der Waals surface area contributed by atoms with Crippen LogP contribution in [0.2, 0.25) is 0 Å². The van der Waals surface area contributed by atoms with E-state index in [1.807, 2.05) is 0 Å². The molecule has 1 amide bonds. The summed E-state index contributed by atoms with van der Waals surface area (Å²) in [6, 6.07) is 0.348. The largest absolute Gasteiger partial charge is 0.353 e. The Morgan fingerprint density at radius 3 is 2.67 bits per heavy atom. The van der Waals surface area contributed by atoms with Crippen LogP contribution in [0.25, 0.3) is 11.4 Å². The molecule has 0 aliphatic heterocycles. The number of hydrogen-bond donors (Lipinski definition) is 1. The minimum atomic E-state index is 0.111. The molecule has 0 unspecified atom stereocenters. The number of nitrogens with one attached hydrogen (secondary N) is 1. The molecule has 1 N–H and O–H groups in total. The zero-order valence-corrected chi connectivity index (χ0v) is 18.2. The molecule has 0 radical (unpaired) electrons. The summed E-state index contributed by atoms with van der Waals surface area (Å²) in [4.78, 5) is 13.7. The molecule has 0 bridgehead atoms. The maximum Gasteiger partial charge on any atom is 0.230 e. The van der Waals surface area contributed by atoms with Gasteiger partial charge in [0.25, 0.3) is 0 Å². The van der Waals surface area contributed by atoms with Crippen molar-refractivity contribution in [2.75, 3.05) is 5.75 Å². The summed E-state index contributed by atoms with van der Waals surface area (Å²) < 4.78 is 2.13. The van der Waals surface area contributed by atoms with E-state index >= 15 is 0 Å². The Hall–Kier alpha value is -1.34. The van der Waals surface area contributed by atoms with Crippen molar-refractivity contribution in [3.05, 3.63) is 15.8 Å². The second-order valence-electron chi connectivity index (χ2n) is 7.13. The molecule has 2 heterocycles. The van der Waals surface area contributed by atoms with Gasteiger partial charge in [0.2, 0.25) is 5.91 Å². The van der Waals surface area contributed by atoms with E-state index in [4.69, 9.17) is 0 Å². The Bertz CT molecular complexity index is 760. The highest BCUT2D eigenvalue weighted by Crippen LogP contribution is 2.32. The standard InChI is InChI=1S/C20H30N4OS2/c1-4-16-14(3)26-12-17(16)19-22-23-20(24(19)5-2)27-13-18(25)21-15-10-8-6-7-9-11-15/h12,15H,4-11,13H2,1-3H3,(H,21,25). The van der Waals surface area contributed by atoms with E-state index in [0.29, 0.717) is 11.8 Å². The van der Waals surface area contributed by atoms with Gasteiger partial charge in [-0.1, -0.05) is 44.4 Å². The molecule has 148 valence electrons. The molecular formula is C20H30N4OS2. The van der Waals surface area contributed by atoms with Gasteiger partial charge < -0.3 is 9.88 Å². The molecule has 3 rings (SSSR count). The molecule has 5 nitrogen and oxygen atoms in total. The number of thioether (sulfide) groups is 1. The lowest BCUT2D eigenvalue weighted by Crippen LogP contribution is -2.35. The lowest BCUT2D eigenvalue weighted by molar-refractivity contribution is -0.119. The molecule has 0 aromatic carbocycles. The van der Waals surface area contributed by atoms with Crippen LogP contribution in [-0.2, 0) is 17.8 Å². The van der Waals surface area contributed by atoms with Gasteiger partial charge in [0.05, 0.1) is 5.75 Å². The van der Waals surface area contributed by atoms with Crippen molar-refractivity contribution in [1.82, 2.24) is 20.1 Å². The second-order valence-corrected chi connectivity index (χ2v) is 9.16. The van der Waals surface area contributed by atoms with Crippen molar-refractivity contribution < 1.29 is 4.79 Å². The van der Waals surface area contributed by atoms with E-state index in [1.165, 1.54) is 53.4 Å².